The van der Waals surface area contributed by atoms with Crippen molar-refractivity contribution in [2.45, 2.75) is 84.8 Å². The third kappa shape index (κ3) is 10.5. The third-order valence-corrected chi connectivity index (χ3v) is 13.2. The van der Waals surface area contributed by atoms with Crippen LogP contribution in [-0.4, -0.2) is 76.5 Å². The number of halogens is 2. The maximum absolute atomic E-state index is 13.4. The van der Waals surface area contributed by atoms with Crippen LogP contribution in [0.4, 0.5) is 0 Å². The minimum atomic E-state index is -1.01. The highest BCUT2D eigenvalue weighted by Crippen LogP contribution is 2.40. The molecule has 0 bridgehead atoms. The number of aromatic carboxylic acids is 1. The summed E-state index contributed by atoms with van der Waals surface area (Å²) in [7, 11) is 0. The fraction of sp³-hybridized carbons (Fsp3) is 0.319. The van der Waals surface area contributed by atoms with Gasteiger partial charge < -0.3 is 25.5 Å². The second kappa shape index (κ2) is 20.2. The molecule has 65 heavy (non-hydrogen) atoms. The second-order valence-electron chi connectivity index (χ2n) is 16.0. The first kappa shape index (κ1) is 45.2. The minimum Gasteiger partial charge on any atom is -0.492 e. The first-order chi connectivity index (χ1) is 31.4. The van der Waals surface area contributed by atoms with Gasteiger partial charge in [0.2, 0.25) is 11.8 Å². The fourth-order valence-corrected chi connectivity index (χ4v) is 9.52. The Morgan fingerprint density at radius 2 is 1.65 bits per heavy atom. The van der Waals surface area contributed by atoms with Crippen molar-refractivity contribution >= 4 is 68.9 Å². The number of hydrogen-bond acceptors (Lipinski definition) is 10. The summed E-state index contributed by atoms with van der Waals surface area (Å²) in [4.78, 5) is 46.8. The number of hydrogen-bond donors (Lipinski definition) is 4. The number of benzene rings is 3. The molecule has 5 heterocycles. The van der Waals surface area contributed by atoms with Crippen molar-refractivity contribution in [2.75, 3.05) is 13.2 Å². The van der Waals surface area contributed by atoms with Crippen LogP contribution in [-0.2, 0) is 22.7 Å². The van der Waals surface area contributed by atoms with Crippen molar-refractivity contribution in [1.82, 2.24) is 45.4 Å². The lowest BCUT2D eigenvalue weighted by Crippen LogP contribution is -2.27. The Balaban J connectivity index is 0.721. The number of aromatic nitrogens is 7. The number of H-pyrrole nitrogens is 1. The minimum absolute atomic E-state index is 0.00766. The normalized spacial score (nSPS) is 13.2. The van der Waals surface area contributed by atoms with Crippen molar-refractivity contribution in [1.29, 1.82) is 0 Å². The molecule has 1 atom stereocenters. The van der Waals surface area contributed by atoms with Crippen molar-refractivity contribution in [3.8, 4) is 21.9 Å². The van der Waals surface area contributed by atoms with E-state index >= 15 is 0 Å². The molecule has 3 aromatic carbocycles. The number of unbranched alkanes of at least 4 members (excludes halogenated alkanes) is 4. The monoisotopic (exact) mass is 934 g/mol. The highest BCUT2D eigenvalue weighted by molar-refractivity contribution is 7.15. The molecule has 1 aliphatic heterocycles. The number of rotatable bonds is 19. The van der Waals surface area contributed by atoms with Gasteiger partial charge in [-0.2, -0.15) is 0 Å². The number of carbonyl (C=O) groups is 3. The number of aryl methyl sites for hydroxylation is 3. The lowest BCUT2D eigenvalue weighted by molar-refractivity contribution is -0.122. The molecule has 4 N–H and O–H groups in total. The van der Waals surface area contributed by atoms with Crippen LogP contribution in [0, 0.1) is 20.8 Å². The molecule has 336 valence electrons. The number of aromatic amines is 1. The van der Waals surface area contributed by atoms with Gasteiger partial charge in [0.25, 0.3) is 0 Å². The van der Waals surface area contributed by atoms with E-state index in [4.69, 9.17) is 32.9 Å². The van der Waals surface area contributed by atoms with E-state index in [1.807, 2.05) is 66.2 Å². The smallest absolute Gasteiger partial charge is 0.337 e. The molecule has 0 saturated carbocycles. The first-order valence-corrected chi connectivity index (χ1v) is 23.1. The van der Waals surface area contributed by atoms with Gasteiger partial charge in [0.05, 0.1) is 42.0 Å². The standard InChI is InChI=1S/C47H48Cl2N10O5S/c1-27-28(2)65-46-43(27)44(31-10-14-32(48)15-11-31)53-40(45-56-54-29(3)59(45)46)23-42(61)52-24-33-26-58(57-55-33)19-8-6-4-5-7-9-41(60)50-18-20-64-34-16-12-30(13-17-34)35-21-36-37(47(62)63)25-51-39(36)22-38(35)49/h10-17,21-22,25-26,40,51H,4-9,18-20,23-24H2,1-3H3,(H,50,60)(H,52,61)(H,62,63). The van der Waals surface area contributed by atoms with Gasteiger partial charge in [0.15, 0.2) is 5.82 Å². The molecule has 0 radical (unpaired) electrons. The summed E-state index contributed by atoms with van der Waals surface area (Å²) in [6.07, 6.45) is 8.50. The van der Waals surface area contributed by atoms with Crippen molar-refractivity contribution in [3.05, 3.63) is 128 Å². The van der Waals surface area contributed by atoms with Gasteiger partial charge >= 0.3 is 5.97 Å². The van der Waals surface area contributed by atoms with Gasteiger partial charge in [-0.15, -0.1) is 26.6 Å². The van der Waals surface area contributed by atoms with E-state index in [1.165, 1.54) is 11.1 Å². The van der Waals surface area contributed by atoms with Gasteiger partial charge in [0.1, 0.15) is 34.9 Å². The average molecular weight is 936 g/mol. The Labute approximate surface area is 389 Å². The van der Waals surface area contributed by atoms with Crippen LogP contribution in [0.25, 0.3) is 27.0 Å². The predicted molar refractivity (Wildman–Crippen MR) is 252 cm³/mol. The molecule has 2 amide bonds. The Hall–Kier alpha value is -6.36. The summed E-state index contributed by atoms with van der Waals surface area (Å²) >= 11 is 14.4. The summed E-state index contributed by atoms with van der Waals surface area (Å²) in [5.41, 5.74) is 6.91. The molecule has 0 fully saturated rings. The highest BCUT2D eigenvalue weighted by Gasteiger charge is 2.32. The Kier molecular flexibility index (Phi) is 14.1. The number of carboxylic acid groups (broad SMARTS) is 1. The quantitative estimate of drug-likeness (QED) is 0.0572. The lowest BCUT2D eigenvalue weighted by Gasteiger charge is -2.13. The number of fused-ring (bicyclic) bond motifs is 4. The van der Waals surface area contributed by atoms with E-state index in [0.29, 0.717) is 64.3 Å². The maximum atomic E-state index is 13.4. The first-order valence-electron chi connectivity index (χ1n) is 21.5. The lowest BCUT2D eigenvalue weighted by atomic mass is 9.99. The molecule has 0 aliphatic carbocycles. The Morgan fingerprint density at radius 1 is 0.892 bits per heavy atom. The van der Waals surface area contributed by atoms with Crippen LogP contribution in [0.2, 0.25) is 10.0 Å². The van der Waals surface area contributed by atoms with E-state index < -0.39 is 12.0 Å². The number of nitrogens with zero attached hydrogens (tertiary/aromatic N) is 7. The molecular formula is C47H48Cl2N10O5S. The van der Waals surface area contributed by atoms with Crippen LogP contribution in [0.15, 0.2) is 78.0 Å². The van der Waals surface area contributed by atoms with Crippen LogP contribution in [0.3, 0.4) is 0 Å². The molecule has 18 heteroatoms. The van der Waals surface area contributed by atoms with Crippen molar-refractivity contribution < 1.29 is 24.2 Å². The Morgan fingerprint density at radius 3 is 2.43 bits per heavy atom. The molecular weight excluding hydrogens is 888 g/mol. The molecule has 1 unspecified atom stereocenters. The molecule has 15 nitrogen and oxygen atoms in total. The molecule has 7 aromatic rings. The molecule has 8 rings (SSSR count). The van der Waals surface area contributed by atoms with E-state index in [0.717, 1.165) is 76.5 Å². The van der Waals surface area contributed by atoms with Crippen LogP contribution in [0.1, 0.15) is 100 Å². The predicted octanol–water partition coefficient (Wildman–Crippen LogP) is 9.13. The number of thiophene rings is 1. The SMILES string of the molecule is Cc1sc2c(c1C)C(c1ccc(Cl)cc1)=NC(CC(=O)NCc1cn(CCCCCCCC(=O)NCCOc3ccc(-c4cc5c(C(=O)O)c[nH]c5cc4Cl)cc3)nn1)c1nnc(C)n1-2. The number of aliphatic imine (C=N–C) groups is 1. The zero-order valence-corrected chi connectivity index (χ0v) is 38.5. The number of nitrogens with one attached hydrogen (secondary N) is 3. The van der Waals surface area contributed by atoms with Crippen molar-refractivity contribution in [2.24, 2.45) is 4.99 Å². The number of ether oxygens (including phenoxy) is 1. The van der Waals surface area contributed by atoms with Crippen molar-refractivity contribution in [3.63, 3.8) is 0 Å². The van der Waals surface area contributed by atoms with Crippen LogP contribution in [0.5, 0.6) is 5.75 Å². The molecule has 1 aliphatic rings. The van der Waals surface area contributed by atoms with Gasteiger partial charge in [0, 0.05) is 56.7 Å². The molecule has 0 spiro atoms. The maximum Gasteiger partial charge on any atom is 0.337 e. The van der Waals surface area contributed by atoms with E-state index in [2.05, 4.69) is 50.0 Å². The number of carboxylic acids is 1. The summed E-state index contributed by atoms with van der Waals surface area (Å²) in [6.45, 7) is 7.76. The zero-order valence-electron chi connectivity index (χ0n) is 36.2. The summed E-state index contributed by atoms with van der Waals surface area (Å²) < 4.78 is 9.65. The van der Waals surface area contributed by atoms with Gasteiger partial charge in [-0.05, 0) is 81.1 Å². The van der Waals surface area contributed by atoms with Gasteiger partial charge in [-0.1, -0.05) is 71.9 Å². The summed E-state index contributed by atoms with van der Waals surface area (Å²) in [5, 5.41) is 35.5. The third-order valence-electron chi connectivity index (χ3n) is 11.4. The number of carbonyl (C=O) groups excluding carboxylic acids is 2. The fourth-order valence-electron chi connectivity index (χ4n) is 7.91. The summed E-state index contributed by atoms with van der Waals surface area (Å²) in [5.74, 6) is 0.799. The van der Waals surface area contributed by atoms with Crippen LogP contribution < -0.4 is 15.4 Å². The van der Waals surface area contributed by atoms with Gasteiger partial charge in [-0.25, -0.2) is 4.79 Å². The second-order valence-corrected chi connectivity index (χ2v) is 18.0. The van der Waals surface area contributed by atoms with Gasteiger partial charge in [-0.3, -0.25) is 23.8 Å². The largest absolute Gasteiger partial charge is 0.492 e. The number of amides is 2. The zero-order chi connectivity index (χ0) is 45.6. The Bertz CT molecular complexity index is 2880. The molecule has 0 saturated heterocycles. The topological polar surface area (TPSA) is 194 Å². The van der Waals surface area contributed by atoms with Crippen LogP contribution >= 0.6 is 34.5 Å². The van der Waals surface area contributed by atoms with E-state index in [-0.39, 0.29) is 30.3 Å². The molecule has 4 aromatic heterocycles. The van der Waals surface area contributed by atoms with E-state index in [1.54, 1.807) is 28.2 Å². The highest BCUT2D eigenvalue weighted by atomic mass is 35.5. The van der Waals surface area contributed by atoms with E-state index in [9.17, 15) is 19.5 Å². The average Bonchev–Trinajstić information content (AvgIpc) is 4.07. The summed E-state index contributed by atoms with van der Waals surface area (Å²) in [6, 6.07) is 17.9.